The van der Waals surface area contributed by atoms with Gasteiger partial charge in [0.2, 0.25) is 0 Å². The smallest absolute Gasteiger partial charge is 0.265 e. The maximum absolute atomic E-state index is 13.0. The van der Waals surface area contributed by atoms with Crippen molar-refractivity contribution in [1.82, 2.24) is 4.98 Å². The molecular formula is C22H26N4O2S. The first-order valence-electron chi connectivity index (χ1n) is 9.46. The number of nitrogens with zero attached hydrogens (tertiary/aromatic N) is 3. The second-order valence-electron chi connectivity index (χ2n) is 6.80. The number of pyridine rings is 1. The molecule has 0 bridgehead atoms. The lowest BCUT2D eigenvalue weighted by atomic mass is 10.2. The Morgan fingerprint density at radius 2 is 1.59 bits per heavy atom. The van der Waals surface area contributed by atoms with E-state index in [1.54, 1.807) is 24.3 Å². The van der Waals surface area contributed by atoms with Crippen molar-refractivity contribution in [3.8, 4) is 0 Å². The Hall–Kier alpha value is -3.06. The van der Waals surface area contributed by atoms with Crippen molar-refractivity contribution in [3.63, 3.8) is 0 Å². The number of anilines is 3. The van der Waals surface area contributed by atoms with Gasteiger partial charge in [-0.1, -0.05) is 30.3 Å². The third-order valence-electron chi connectivity index (χ3n) is 4.58. The lowest BCUT2D eigenvalue weighted by Crippen LogP contribution is -2.30. The molecule has 29 heavy (non-hydrogen) atoms. The van der Waals surface area contributed by atoms with Gasteiger partial charge in [-0.15, -0.1) is 0 Å². The van der Waals surface area contributed by atoms with Crippen molar-refractivity contribution in [2.24, 2.45) is 0 Å². The zero-order chi connectivity index (χ0) is 20.9. The standard InChI is InChI=1S/C22H26N4O2S/c1-4-26(20-8-6-5-7-9-20)29(27,28)21-14-15-22(24-17-21)23-16-18-10-12-19(13-11-18)25(2)3/h5-15,17H,4,16H2,1-3H3,(H,23,24). The number of sulfonamides is 1. The molecule has 0 aliphatic carbocycles. The lowest BCUT2D eigenvalue weighted by Gasteiger charge is -2.22. The number of benzene rings is 2. The maximum atomic E-state index is 13.0. The van der Waals surface area contributed by atoms with Gasteiger partial charge < -0.3 is 10.2 Å². The van der Waals surface area contributed by atoms with Gasteiger partial charge in [-0.2, -0.15) is 0 Å². The van der Waals surface area contributed by atoms with Crippen LogP contribution in [0, 0.1) is 0 Å². The van der Waals surface area contributed by atoms with Crippen molar-refractivity contribution in [2.45, 2.75) is 18.4 Å². The molecule has 0 unspecified atom stereocenters. The quantitative estimate of drug-likeness (QED) is 0.609. The fraction of sp³-hybridized carbons (Fsp3) is 0.227. The maximum Gasteiger partial charge on any atom is 0.265 e. The van der Waals surface area contributed by atoms with Gasteiger partial charge in [0.05, 0.1) is 5.69 Å². The Balaban J connectivity index is 1.70. The molecule has 0 radical (unpaired) electrons. The van der Waals surface area contributed by atoms with Gasteiger partial charge in [0.1, 0.15) is 10.7 Å². The van der Waals surface area contributed by atoms with E-state index in [1.165, 1.54) is 10.5 Å². The number of hydrogen-bond donors (Lipinski definition) is 1. The minimum Gasteiger partial charge on any atom is -0.378 e. The number of nitrogens with one attached hydrogen (secondary N) is 1. The topological polar surface area (TPSA) is 65.5 Å². The minimum absolute atomic E-state index is 0.170. The zero-order valence-electron chi connectivity index (χ0n) is 16.9. The highest BCUT2D eigenvalue weighted by Gasteiger charge is 2.23. The third-order valence-corrected chi connectivity index (χ3v) is 6.47. The summed E-state index contributed by atoms with van der Waals surface area (Å²) in [6.07, 6.45) is 1.40. The molecule has 0 aliphatic heterocycles. The van der Waals surface area contributed by atoms with E-state index in [-0.39, 0.29) is 4.90 Å². The fourth-order valence-corrected chi connectivity index (χ4v) is 4.37. The van der Waals surface area contributed by atoms with E-state index < -0.39 is 10.0 Å². The number of rotatable bonds is 8. The van der Waals surface area contributed by atoms with Gasteiger partial charge in [0.25, 0.3) is 10.0 Å². The van der Waals surface area contributed by atoms with Crippen LogP contribution in [0.2, 0.25) is 0 Å². The predicted molar refractivity (Wildman–Crippen MR) is 119 cm³/mol. The van der Waals surface area contributed by atoms with Gasteiger partial charge in [0.15, 0.2) is 0 Å². The minimum atomic E-state index is -3.66. The largest absolute Gasteiger partial charge is 0.378 e. The summed E-state index contributed by atoms with van der Waals surface area (Å²) in [5.41, 5.74) is 2.90. The predicted octanol–water partition coefficient (Wildman–Crippen LogP) is 3.97. The molecule has 0 saturated heterocycles. The van der Waals surface area contributed by atoms with E-state index in [0.717, 1.165) is 11.3 Å². The third kappa shape index (κ3) is 4.86. The number of hydrogen-bond acceptors (Lipinski definition) is 5. The molecule has 0 amide bonds. The average molecular weight is 411 g/mol. The number of para-hydroxylation sites is 1. The van der Waals surface area contributed by atoms with Gasteiger partial charge in [-0.3, -0.25) is 4.31 Å². The van der Waals surface area contributed by atoms with Crippen LogP contribution in [0.4, 0.5) is 17.2 Å². The second-order valence-corrected chi connectivity index (χ2v) is 8.66. The normalized spacial score (nSPS) is 11.1. The van der Waals surface area contributed by atoms with E-state index in [1.807, 2.05) is 44.1 Å². The SMILES string of the molecule is CCN(c1ccccc1)S(=O)(=O)c1ccc(NCc2ccc(N(C)C)cc2)nc1. The van der Waals surface area contributed by atoms with Crippen LogP contribution >= 0.6 is 0 Å². The Kier molecular flexibility index (Phi) is 6.39. The van der Waals surface area contributed by atoms with Crippen molar-refractivity contribution in [3.05, 3.63) is 78.5 Å². The van der Waals surface area contributed by atoms with Crippen LogP contribution in [-0.2, 0) is 16.6 Å². The van der Waals surface area contributed by atoms with E-state index in [4.69, 9.17) is 0 Å². The van der Waals surface area contributed by atoms with Crippen LogP contribution in [0.5, 0.6) is 0 Å². The molecule has 1 heterocycles. The van der Waals surface area contributed by atoms with Crippen LogP contribution in [0.25, 0.3) is 0 Å². The first-order valence-corrected chi connectivity index (χ1v) is 10.9. The van der Waals surface area contributed by atoms with Crippen LogP contribution in [0.1, 0.15) is 12.5 Å². The Morgan fingerprint density at radius 3 is 2.14 bits per heavy atom. The van der Waals surface area contributed by atoms with Gasteiger partial charge in [-0.25, -0.2) is 13.4 Å². The van der Waals surface area contributed by atoms with E-state index >= 15 is 0 Å². The molecule has 6 nitrogen and oxygen atoms in total. The van der Waals surface area contributed by atoms with Crippen LogP contribution in [-0.4, -0.2) is 34.0 Å². The summed E-state index contributed by atoms with van der Waals surface area (Å²) >= 11 is 0. The van der Waals surface area contributed by atoms with Crippen molar-refractivity contribution in [1.29, 1.82) is 0 Å². The molecule has 0 fully saturated rings. The molecule has 0 aliphatic rings. The highest BCUT2D eigenvalue weighted by Crippen LogP contribution is 2.23. The van der Waals surface area contributed by atoms with Crippen LogP contribution < -0.4 is 14.5 Å². The van der Waals surface area contributed by atoms with Crippen molar-refractivity contribution >= 4 is 27.2 Å². The number of aromatic nitrogens is 1. The molecular weight excluding hydrogens is 384 g/mol. The molecule has 0 spiro atoms. The Bertz CT molecular complexity index is 1020. The summed E-state index contributed by atoms with van der Waals surface area (Å²) in [4.78, 5) is 6.51. The summed E-state index contributed by atoms with van der Waals surface area (Å²) in [6.45, 7) is 2.77. The fourth-order valence-electron chi connectivity index (χ4n) is 2.95. The van der Waals surface area contributed by atoms with Crippen LogP contribution in [0.15, 0.2) is 77.8 Å². The molecule has 152 valence electrons. The first-order chi connectivity index (χ1) is 13.9. The molecule has 0 atom stereocenters. The Labute approximate surface area is 172 Å². The van der Waals surface area contributed by atoms with Crippen molar-refractivity contribution < 1.29 is 8.42 Å². The van der Waals surface area contributed by atoms with E-state index in [0.29, 0.717) is 24.6 Å². The van der Waals surface area contributed by atoms with Crippen molar-refractivity contribution in [2.75, 3.05) is 35.2 Å². The zero-order valence-corrected chi connectivity index (χ0v) is 17.7. The molecule has 7 heteroatoms. The summed E-state index contributed by atoms with van der Waals surface area (Å²) in [7, 11) is 0.346. The van der Waals surface area contributed by atoms with E-state index in [2.05, 4.69) is 34.6 Å². The van der Waals surface area contributed by atoms with Gasteiger partial charge in [-0.05, 0) is 48.9 Å². The summed E-state index contributed by atoms with van der Waals surface area (Å²) in [6, 6.07) is 20.6. The molecule has 2 aromatic carbocycles. The molecule has 1 aromatic heterocycles. The monoisotopic (exact) mass is 410 g/mol. The van der Waals surface area contributed by atoms with Gasteiger partial charge in [0, 0.05) is 39.1 Å². The summed E-state index contributed by atoms with van der Waals surface area (Å²) in [5.74, 6) is 0.628. The second kappa shape index (κ2) is 8.96. The first kappa shape index (κ1) is 20.7. The Morgan fingerprint density at radius 1 is 0.897 bits per heavy atom. The highest BCUT2D eigenvalue weighted by molar-refractivity contribution is 7.92. The summed E-state index contributed by atoms with van der Waals surface area (Å²) in [5, 5.41) is 3.23. The summed E-state index contributed by atoms with van der Waals surface area (Å²) < 4.78 is 27.4. The average Bonchev–Trinajstić information content (AvgIpc) is 2.74. The van der Waals surface area contributed by atoms with Gasteiger partial charge >= 0.3 is 0 Å². The van der Waals surface area contributed by atoms with E-state index in [9.17, 15) is 8.42 Å². The molecule has 3 rings (SSSR count). The highest BCUT2D eigenvalue weighted by atomic mass is 32.2. The lowest BCUT2D eigenvalue weighted by molar-refractivity contribution is 0.591. The van der Waals surface area contributed by atoms with Crippen LogP contribution in [0.3, 0.4) is 0 Å². The molecule has 1 N–H and O–H groups in total. The molecule has 0 saturated carbocycles. The molecule has 3 aromatic rings.